The second-order valence-electron chi connectivity index (χ2n) is 4.52. The lowest BCUT2D eigenvalue weighted by Gasteiger charge is -2.09. The lowest BCUT2D eigenvalue weighted by molar-refractivity contribution is 0.101. The van der Waals surface area contributed by atoms with Gasteiger partial charge in [-0.2, -0.15) is 0 Å². The fourth-order valence-electron chi connectivity index (χ4n) is 2.08. The van der Waals surface area contributed by atoms with Crippen molar-refractivity contribution in [1.29, 1.82) is 0 Å². The van der Waals surface area contributed by atoms with Crippen LogP contribution in [0.25, 0.3) is 10.9 Å². The first-order chi connectivity index (χ1) is 10.7. The number of nitrogens with zero attached hydrogens (tertiary/aromatic N) is 3. The zero-order chi connectivity index (χ0) is 15.5. The van der Waals surface area contributed by atoms with Gasteiger partial charge in [-0.1, -0.05) is 17.7 Å². The SMILES string of the molecule is O=C(Nc1ccccn1)c1nnc2ccc(Cl)cc2c1CO. The van der Waals surface area contributed by atoms with Gasteiger partial charge >= 0.3 is 0 Å². The predicted molar refractivity (Wildman–Crippen MR) is 82.7 cm³/mol. The van der Waals surface area contributed by atoms with Crippen LogP contribution in [0.4, 0.5) is 5.82 Å². The van der Waals surface area contributed by atoms with Crippen LogP contribution in [0, 0.1) is 0 Å². The number of nitrogens with one attached hydrogen (secondary N) is 1. The molecule has 2 heterocycles. The molecular weight excluding hydrogens is 304 g/mol. The maximum Gasteiger partial charge on any atom is 0.277 e. The van der Waals surface area contributed by atoms with E-state index in [1.807, 2.05) is 0 Å². The average Bonchev–Trinajstić information content (AvgIpc) is 2.54. The van der Waals surface area contributed by atoms with Crippen LogP contribution in [0.3, 0.4) is 0 Å². The van der Waals surface area contributed by atoms with E-state index in [1.54, 1.807) is 42.6 Å². The van der Waals surface area contributed by atoms with Gasteiger partial charge < -0.3 is 10.4 Å². The maximum atomic E-state index is 12.3. The van der Waals surface area contributed by atoms with Gasteiger partial charge in [-0.15, -0.1) is 10.2 Å². The molecule has 2 aromatic heterocycles. The van der Waals surface area contributed by atoms with Crippen LogP contribution in [0.15, 0.2) is 42.6 Å². The fraction of sp³-hybridized carbons (Fsp3) is 0.0667. The Bertz CT molecular complexity index is 840. The zero-order valence-electron chi connectivity index (χ0n) is 11.3. The number of halogens is 1. The Hall–Kier alpha value is -2.57. The molecule has 0 unspecified atom stereocenters. The van der Waals surface area contributed by atoms with Gasteiger partial charge in [-0.3, -0.25) is 4.79 Å². The molecule has 0 fully saturated rings. The summed E-state index contributed by atoms with van der Waals surface area (Å²) in [6, 6.07) is 10.2. The first-order valence-corrected chi connectivity index (χ1v) is 6.85. The molecule has 0 aliphatic rings. The molecule has 0 atom stereocenters. The maximum absolute atomic E-state index is 12.3. The number of anilines is 1. The number of amides is 1. The number of aliphatic hydroxyl groups is 1. The van der Waals surface area contributed by atoms with Crippen molar-refractivity contribution in [3.63, 3.8) is 0 Å². The molecule has 0 radical (unpaired) electrons. The summed E-state index contributed by atoms with van der Waals surface area (Å²) < 4.78 is 0. The van der Waals surface area contributed by atoms with Crippen LogP contribution < -0.4 is 5.32 Å². The third-order valence-corrected chi connectivity index (χ3v) is 3.34. The van der Waals surface area contributed by atoms with E-state index in [0.717, 1.165) is 0 Å². The number of aromatic nitrogens is 3. The third-order valence-electron chi connectivity index (χ3n) is 3.11. The molecule has 22 heavy (non-hydrogen) atoms. The molecule has 0 aliphatic carbocycles. The van der Waals surface area contributed by atoms with E-state index in [9.17, 15) is 9.90 Å². The number of hydrogen-bond acceptors (Lipinski definition) is 5. The number of carbonyl (C=O) groups excluding carboxylic acids is 1. The molecule has 0 saturated heterocycles. The highest BCUT2D eigenvalue weighted by molar-refractivity contribution is 6.31. The Kier molecular flexibility index (Phi) is 3.95. The number of pyridine rings is 1. The summed E-state index contributed by atoms with van der Waals surface area (Å²) in [5.41, 5.74) is 0.978. The van der Waals surface area contributed by atoms with Crippen molar-refractivity contribution in [3.8, 4) is 0 Å². The number of aliphatic hydroxyl groups excluding tert-OH is 1. The van der Waals surface area contributed by atoms with Crippen molar-refractivity contribution in [3.05, 3.63) is 58.9 Å². The summed E-state index contributed by atoms with van der Waals surface area (Å²) in [7, 11) is 0. The zero-order valence-corrected chi connectivity index (χ0v) is 12.1. The minimum absolute atomic E-state index is 0.0444. The van der Waals surface area contributed by atoms with Gasteiger partial charge in [0.1, 0.15) is 5.82 Å². The highest BCUT2D eigenvalue weighted by Gasteiger charge is 2.17. The summed E-state index contributed by atoms with van der Waals surface area (Å²) in [5, 5.41) is 21.2. The Labute approximate surface area is 130 Å². The number of rotatable bonds is 3. The summed E-state index contributed by atoms with van der Waals surface area (Å²) in [4.78, 5) is 16.3. The summed E-state index contributed by atoms with van der Waals surface area (Å²) in [6.45, 7) is -0.350. The summed E-state index contributed by atoms with van der Waals surface area (Å²) in [5.74, 6) is -0.0958. The third kappa shape index (κ3) is 2.74. The van der Waals surface area contributed by atoms with E-state index in [4.69, 9.17) is 11.6 Å². The Balaban J connectivity index is 2.04. The molecule has 1 amide bonds. The van der Waals surface area contributed by atoms with Crippen molar-refractivity contribution in [1.82, 2.24) is 15.2 Å². The standard InChI is InChI=1S/C15H11ClN4O2/c16-9-4-5-12-10(7-9)11(8-21)14(20-19-12)15(22)18-13-3-1-2-6-17-13/h1-7,21H,8H2,(H,17,18,22). The minimum Gasteiger partial charge on any atom is -0.392 e. The molecule has 0 spiro atoms. The van der Waals surface area contributed by atoms with Crippen LogP contribution in [-0.2, 0) is 6.61 Å². The molecule has 1 aromatic carbocycles. The van der Waals surface area contributed by atoms with E-state index in [2.05, 4.69) is 20.5 Å². The first kappa shape index (κ1) is 14.4. The highest BCUT2D eigenvalue weighted by atomic mass is 35.5. The van der Waals surface area contributed by atoms with Crippen LogP contribution in [0.5, 0.6) is 0 Å². The number of fused-ring (bicyclic) bond motifs is 1. The van der Waals surface area contributed by atoms with Gasteiger partial charge in [0, 0.05) is 22.2 Å². The molecule has 7 heteroatoms. The van der Waals surface area contributed by atoms with Gasteiger partial charge in [0.2, 0.25) is 0 Å². The lowest BCUT2D eigenvalue weighted by atomic mass is 10.1. The topological polar surface area (TPSA) is 88.0 Å². The van der Waals surface area contributed by atoms with E-state index < -0.39 is 5.91 Å². The van der Waals surface area contributed by atoms with E-state index in [-0.39, 0.29) is 12.3 Å². The molecule has 0 aliphatic heterocycles. The summed E-state index contributed by atoms with van der Waals surface area (Å²) in [6.07, 6.45) is 1.56. The van der Waals surface area contributed by atoms with E-state index in [0.29, 0.717) is 27.3 Å². The van der Waals surface area contributed by atoms with Crippen molar-refractivity contribution < 1.29 is 9.90 Å². The molecular formula is C15H11ClN4O2. The Morgan fingerprint density at radius 2 is 2.09 bits per heavy atom. The molecule has 110 valence electrons. The van der Waals surface area contributed by atoms with Crippen molar-refractivity contribution in [2.75, 3.05) is 5.32 Å². The summed E-state index contributed by atoms with van der Waals surface area (Å²) >= 11 is 5.97. The van der Waals surface area contributed by atoms with Crippen LogP contribution in [-0.4, -0.2) is 26.2 Å². The molecule has 0 bridgehead atoms. The second-order valence-corrected chi connectivity index (χ2v) is 4.95. The van der Waals surface area contributed by atoms with Crippen molar-refractivity contribution >= 4 is 34.2 Å². The van der Waals surface area contributed by atoms with Gasteiger partial charge in [0.05, 0.1) is 12.1 Å². The number of carbonyl (C=O) groups is 1. The van der Waals surface area contributed by atoms with Crippen LogP contribution in [0.2, 0.25) is 5.02 Å². The predicted octanol–water partition coefficient (Wildman–Crippen LogP) is 2.42. The van der Waals surface area contributed by atoms with Crippen molar-refractivity contribution in [2.24, 2.45) is 0 Å². The molecule has 2 N–H and O–H groups in total. The number of benzene rings is 1. The molecule has 3 aromatic rings. The number of hydrogen-bond donors (Lipinski definition) is 2. The molecule has 6 nitrogen and oxygen atoms in total. The Morgan fingerprint density at radius 3 is 2.82 bits per heavy atom. The Morgan fingerprint density at radius 1 is 1.23 bits per heavy atom. The molecule has 0 saturated carbocycles. The fourth-order valence-corrected chi connectivity index (χ4v) is 2.26. The second kappa shape index (κ2) is 6.05. The van der Waals surface area contributed by atoms with Gasteiger partial charge in [0.25, 0.3) is 5.91 Å². The van der Waals surface area contributed by atoms with E-state index in [1.165, 1.54) is 0 Å². The average molecular weight is 315 g/mol. The highest BCUT2D eigenvalue weighted by Crippen LogP contribution is 2.23. The van der Waals surface area contributed by atoms with Crippen LogP contribution >= 0.6 is 11.6 Å². The monoisotopic (exact) mass is 314 g/mol. The lowest BCUT2D eigenvalue weighted by Crippen LogP contribution is -2.18. The molecule has 3 rings (SSSR count). The van der Waals surface area contributed by atoms with Gasteiger partial charge in [0.15, 0.2) is 5.69 Å². The van der Waals surface area contributed by atoms with E-state index >= 15 is 0 Å². The van der Waals surface area contributed by atoms with Crippen LogP contribution in [0.1, 0.15) is 16.1 Å². The van der Waals surface area contributed by atoms with Gasteiger partial charge in [-0.05, 0) is 30.3 Å². The van der Waals surface area contributed by atoms with Gasteiger partial charge in [-0.25, -0.2) is 4.98 Å². The first-order valence-electron chi connectivity index (χ1n) is 6.47. The smallest absolute Gasteiger partial charge is 0.277 e. The minimum atomic E-state index is -0.489. The quantitative estimate of drug-likeness (QED) is 0.775. The largest absolute Gasteiger partial charge is 0.392 e. The normalized spacial score (nSPS) is 10.6. The van der Waals surface area contributed by atoms with Crippen molar-refractivity contribution in [2.45, 2.75) is 6.61 Å².